The van der Waals surface area contributed by atoms with Gasteiger partial charge in [0.25, 0.3) is 0 Å². The minimum Gasteiger partial charge on any atom is -0.490 e. The summed E-state index contributed by atoms with van der Waals surface area (Å²) in [5.74, 6) is 0.702. The molecule has 1 heterocycles. The van der Waals surface area contributed by atoms with Crippen LogP contribution in [0.4, 0.5) is 4.79 Å². The monoisotopic (exact) mass is 436 g/mol. The average Bonchev–Trinajstić information content (AvgIpc) is 3.30. The molecule has 1 saturated carbocycles. The Morgan fingerprint density at radius 1 is 1.17 bits per heavy atom. The van der Waals surface area contributed by atoms with Crippen LogP contribution in [0.15, 0.2) is 24.3 Å². The maximum absolute atomic E-state index is 12.5. The minimum atomic E-state index is -3.17. The lowest BCUT2D eigenvalue weighted by Crippen LogP contribution is -2.29. The number of hydrogen-bond acceptors (Lipinski definition) is 5. The zero-order valence-corrected chi connectivity index (χ0v) is 18.5. The molecule has 3 rings (SSSR count). The van der Waals surface area contributed by atoms with Crippen LogP contribution in [0.3, 0.4) is 0 Å². The van der Waals surface area contributed by atoms with Crippen molar-refractivity contribution in [2.75, 3.05) is 24.6 Å². The van der Waals surface area contributed by atoms with Gasteiger partial charge in [0.05, 0.1) is 17.6 Å². The first-order chi connectivity index (χ1) is 14.3. The van der Waals surface area contributed by atoms with E-state index in [1.165, 1.54) is 17.7 Å². The highest BCUT2D eigenvalue weighted by Gasteiger charge is 2.26. The first-order valence-corrected chi connectivity index (χ1v) is 12.7. The van der Waals surface area contributed by atoms with E-state index in [9.17, 15) is 18.0 Å². The van der Waals surface area contributed by atoms with Gasteiger partial charge in [-0.05, 0) is 62.1 Å². The van der Waals surface area contributed by atoms with Crippen molar-refractivity contribution in [3.05, 3.63) is 29.8 Å². The lowest BCUT2D eigenvalue weighted by atomic mass is 10.0. The van der Waals surface area contributed by atoms with Crippen LogP contribution in [-0.2, 0) is 14.6 Å². The van der Waals surface area contributed by atoms with Gasteiger partial charge in [0.1, 0.15) is 12.3 Å². The molecule has 8 heteroatoms. The molecule has 7 nitrogen and oxygen atoms in total. The van der Waals surface area contributed by atoms with E-state index in [0.717, 1.165) is 24.2 Å². The summed E-state index contributed by atoms with van der Waals surface area (Å²) in [6.45, 7) is 2.51. The molecule has 166 valence electrons. The predicted molar refractivity (Wildman–Crippen MR) is 115 cm³/mol. The van der Waals surface area contributed by atoms with Gasteiger partial charge in [-0.1, -0.05) is 25.5 Å². The van der Waals surface area contributed by atoms with Crippen LogP contribution in [-0.4, -0.2) is 56.0 Å². The Morgan fingerprint density at radius 2 is 1.93 bits per heavy atom. The van der Waals surface area contributed by atoms with E-state index < -0.39 is 9.84 Å². The Bertz CT molecular complexity index is 849. The molecule has 30 heavy (non-hydrogen) atoms. The molecule has 0 radical (unpaired) electrons. The van der Waals surface area contributed by atoms with Crippen molar-refractivity contribution < 1.29 is 22.7 Å². The van der Waals surface area contributed by atoms with Crippen molar-refractivity contribution in [1.82, 2.24) is 10.2 Å². The molecule has 1 aromatic rings. The average molecular weight is 437 g/mol. The molecule has 1 N–H and O–H groups in total. The highest BCUT2D eigenvalue weighted by atomic mass is 32.2. The molecule has 0 spiro atoms. The first kappa shape index (κ1) is 22.6. The molecule has 0 aromatic heterocycles. The van der Waals surface area contributed by atoms with Gasteiger partial charge in [-0.2, -0.15) is 0 Å². The fourth-order valence-corrected chi connectivity index (χ4v) is 5.88. The number of urea groups is 1. The van der Waals surface area contributed by atoms with Gasteiger partial charge in [0, 0.05) is 6.54 Å². The molecule has 1 aliphatic heterocycles. The van der Waals surface area contributed by atoms with Gasteiger partial charge in [-0.3, -0.25) is 10.1 Å². The second-order valence-corrected chi connectivity index (χ2v) is 10.7. The van der Waals surface area contributed by atoms with E-state index in [4.69, 9.17) is 4.74 Å². The van der Waals surface area contributed by atoms with Gasteiger partial charge in [-0.15, -0.1) is 0 Å². The van der Waals surface area contributed by atoms with Crippen LogP contribution in [0.5, 0.6) is 5.75 Å². The zero-order chi connectivity index (χ0) is 21.6. The van der Waals surface area contributed by atoms with Gasteiger partial charge < -0.3 is 9.64 Å². The van der Waals surface area contributed by atoms with E-state index >= 15 is 0 Å². The second kappa shape index (κ2) is 10.3. The molecule has 1 aromatic carbocycles. The van der Waals surface area contributed by atoms with E-state index in [1.54, 1.807) is 0 Å². The summed E-state index contributed by atoms with van der Waals surface area (Å²) >= 11 is 0. The second-order valence-electron chi connectivity index (χ2n) is 8.45. The van der Waals surface area contributed by atoms with Crippen molar-refractivity contribution >= 4 is 21.8 Å². The number of sulfone groups is 1. The number of nitrogens with one attached hydrogen (secondary N) is 1. The Labute approximate surface area is 179 Å². The third-order valence-electron chi connectivity index (χ3n) is 5.79. The molecule has 3 amide bonds. The topological polar surface area (TPSA) is 92.8 Å². The number of rotatable bonds is 11. The number of carbonyl (C=O) groups is 2. The highest BCUT2D eigenvalue weighted by Crippen LogP contribution is 2.27. The van der Waals surface area contributed by atoms with Crippen LogP contribution >= 0.6 is 0 Å². The number of hydrogen-bond donors (Lipinski definition) is 1. The smallest absolute Gasteiger partial charge is 0.324 e. The third-order valence-corrected chi connectivity index (χ3v) is 7.71. The third kappa shape index (κ3) is 6.72. The zero-order valence-electron chi connectivity index (χ0n) is 17.6. The summed E-state index contributed by atoms with van der Waals surface area (Å²) in [5.41, 5.74) is 0.985. The SMILES string of the molecule is C[C@@H](CS(=O)(=O)CCCCCN1CC(=O)NC1=O)c1cccc(OC2CCCC2)c1. The van der Waals surface area contributed by atoms with Gasteiger partial charge in [0.15, 0.2) is 9.84 Å². The lowest BCUT2D eigenvalue weighted by Gasteiger charge is -2.17. The summed E-state index contributed by atoms with van der Waals surface area (Å²) in [6, 6.07) is 7.45. The van der Waals surface area contributed by atoms with Crippen LogP contribution in [0.25, 0.3) is 0 Å². The minimum absolute atomic E-state index is 0.0954. The van der Waals surface area contributed by atoms with Crippen molar-refractivity contribution in [2.45, 2.75) is 63.9 Å². The Morgan fingerprint density at radius 3 is 2.63 bits per heavy atom. The summed E-state index contributed by atoms with van der Waals surface area (Å²) in [7, 11) is -3.17. The number of carbonyl (C=O) groups excluding carboxylic acids is 2. The van der Waals surface area contributed by atoms with Crippen molar-refractivity contribution in [1.29, 1.82) is 0 Å². The number of nitrogens with zero attached hydrogens (tertiary/aromatic N) is 1. The summed E-state index contributed by atoms with van der Waals surface area (Å²) in [4.78, 5) is 24.1. The van der Waals surface area contributed by atoms with Gasteiger partial charge in [-0.25, -0.2) is 13.2 Å². The molecular formula is C22H32N2O5S. The maximum atomic E-state index is 12.5. The van der Waals surface area contributed by atoms with E-state index in [1.807, 2.05) is 31.2 Å². The maximum Gasteiger partial charge on any atom is 0.324 e. The molecule has 1 saturated heterocycles. The molecule has 1 aliphatic carbocycles. The quantitative estimate of drug-likeness (QED) is 0.425. The Kier molecular flexibility index (Phi) is 7.75. The number of benzene rings is 1. The molecule has 2 fully saturated rings. The number of ether oxygens (including phenoxy) is 1. The normalized spacial score (nSPS) is 18.6. The van der Waals surface area contributed by atoms with Gasteiger partial charge >= 0.3 is 6.03 Å². The van der Waals surface area contributed by atoms with E-state index in [0.29, 0.717) is 25.8 Å². The molecule has 1 atom stereocenters. The van der Waals surface area contributed by atoms with Crippen molar-refractivity contribution in [3.63, 3.8) is 0 Å². The number of unbranched alkanes of at least 4 members (excludes halogenated alkanes) is 2. The molecule has 0 bridgehead atoms. The Hall–Kier alpha value is -2.09. The van der Waals surface area contributed by atoms with Crippen molar-refractivity contribution in [2.24, 2.45) is 0 Å². The van der Waals surface area contributed by atoms with Gasteiger partial charge in [0.2, 0.25) is 5.91 Å². The fourth-order valence-electron chi connectivity index (χ4n) is 4.12. The number of imide groups is 1. The van der Waals surface area contributed by atoms with Crippen LogP contribution in [0.2, 0.25) is 0 Å². The fraction of sp³-hybridized carbons (Fsp3) is 0.636. The van der Waals surface area contributed by atoms with Crippen LogP contribution in [0.1, 0.15) is 63.4 Å². The molecule has 2 aliphatic rings. The van der Waals surface area contributed by atoms with Crippen LogP contribution < -0.4 is 10.1 Å². The summed E-state index contributed by atoms with van der Waals surface area (Å²) < 4.78 is 31.1. The largest absolute Gasteiger partial charge is 0.490 e. The Balaban J connectivity index is 1.40. The number of amides is 3. The predicted octanol–water partition coefficient (Wildman–Crippen LogP) is 3.25. The molecule has 0 unspecified atom stereocenters. The highest BCUT2D eigenvalue weighted by molar-refractivity contribution is 7.91. The molecular weight excluding hydrogens is 404 g/mol. The van der Waals surface area contributed by atoms with E-state index in [-0.39, 0.29) is 42.0 Å². The summed E-state index contributed by atoms with van der Waals surface area (Å²) in [6.07, 6.45) is 6.83. The first-order valence-electron chi connectivity index (χ1n) is 10.9. The standard InChI is InChI=1S/C22H32N2O5S/c1-17(18-8-7-11-20(14-18)29-19-9-3-4-10-19)16-30(27,28)13-6-2-5-12-24-15-21(25)23-22(24)26/h7-8,11,14,17,19H,2-6,9-10,12-13,15-16H2,1H3,(H,23,25,26)/t17-/m0/s1. The van der Waals surface area contributed by atoms with Crippen molar-refractivity contribution in [3.8, 4) is 5.75 Å². The van der Waals surface area contributed by atoms with Crippen LogP contribution in [0, 0.1) is 0 Å². The van der Waals surface area contributed by atoms with E-state index in [2.05, 4.69) is 5.32 Å². The summed E-state index contributed by atoms with van der Waals surface area (Å²) in [5, 5.41) is 2.24. The lowest BCUT2D eigenvalue weighted by molar-refractivity contribution is -0.118.